The van der Waals surface area contributed by atoms with Crippen LogP contribution in [0, 0.1) is 0 Å². The van der Waals surface area contributed by atoms with E-state index < -0.39 is 0 Å². The van der Waals surface area contributed by atoms with Gasteiger partial charge in [-0.2, -0.15) is 0 Å². The van der Waals surface area contributed by atoms with Crippen molar-refractivity contribution in [2.24, 2.45) is 0 Å². The molecule has 0 radical (unpaired) electrons. The molecule has 1 nitrogen and oxygen atoms in total. The van der Waals surface area contributed by atoms with E-state index in [1.165, 1.54) is 22.3 Å². The van der Waals surface area contributed by atoms with Gasteiger partial charge in [0, 0.05) is 6.42 Å². The van der Waals surface area contributed by atoms with Gasteiger partial charge in [-0.3, -0.25) is 0 Å². The van der Waals surface area contributed by atoms with Gasteiger partial charge >= 0.3 is 0 Å². The minimum Gasteiger partial charge on any atom is -0.493 e. The molecule has 0 N–H and O–H groups in total. The summed E-state index contributed by atoms with van der Waals surface area (Å²) in [6, 6.07) is 15.4. The molecular weight excluding hydrogens is 232 g/mol. The van der Waals surface area contributed by atoms with Crippen LogP contribution in [0.25, 0.3) is 11.1 Å². The minimum absolute atomic E-state index is 0.213. The van der Waals surface area contributed by atoms with Gasteiger partial charge in [0.15, 0.2) is 0 Å². The average molecular weight is 252 g/mol. The molecule has 0 atom stereocenters. The van der Waals surface area contributed by atoms with Gasteiger partial charge in [-0.15, -0.1) is 0 Å². The molecule has 1 aliphatic heterocycles. The van der Waals surface area contributed by atoms with Crippen LogP contribution in [0.2, 0.25) is 0 Å². The highest BCUT2D eigenvalue weighted by atomic mass is 16.5. The maximum Gasteiger partial charge on any atom is 0.122 e. The second kappa shape index (κ2) is 4.41. The summed E-state index contributed by atoms with van der Waals surface area (Å²) in [6.45, 7) is 7.56. The molecule has 3 rings (SSSR count). The molecule has 2 aromatic rings. The number of rotatable bonds is 1. The van der Waals surface area contributed by atoms with Crippen molar-refractivity contribution in [3.63, 3.8) is 0 Å². The molecule has 1 aliphatic rings. The number of hydrogen-bond donors (Lipinski definition) is 0. The zero-order chi connectivity index (χ0) is 13.5. The zero-order valence-electron chi connectivity index (χ0n) is 11.9. The van der Waals surface area contributed by atoms with E-state index in [-0.39, 0.29) is 5.41 Å². The Bertz CT molecular complexity index is 588. The summed E-state index contributed by atoms with van der Waals surface area (Å²) >= 11 is 0. The van der Waals surface area contributed by atoms with Gasteiger partial charge < -0.3 is 4.74 Å². The summed E-state index contributed by atoms with van der Waals surface area (Å²) in [4.78, 5) is 0. The lowest BCUT2D eigenvalue weighted by atomic mass is 9.86. The second-order valence-electron chi connectivity index (χ2n) is 6.25. The predicted octanol–water partition coefficient (Wildman–Crippen LogP) is 4.59. The molecule has 0 saturated carbocycles. The molecule has 0 aliphatic carbocycles. The van der Waals surface area contributed by atoms with Crippen molar-refractivity contribution in [3.05, 3.63) is 53.6 Å². The van der Waals surface area contributed by atoms with E-state index in [1.54, 1.807) is 0 Å². The van der Waals surface area contributed by atoms with Crippen LogP contribution in [0.5, 0.6) is 5.75 Å². The largest absolute Gasteiger partial charge is 0.493 e. The lowest BCUT2D eigenvalue weighted by Crippen LogP contribution is -2.10. The van der Waals surface area contributed by atoms with Crippen LogP contribution in [-0.4, -0.2) is 6.61 Å². The maximum atomic E-state index is 5.55. The standard InChI is InChI=1S/C18H20O/c1-18(2,3)16-7-4-13(5-8-16)14-6-9-17-15(12-14)10-11-19-17/h4-9,12H,10-11H2,1-3H3. The van der Waals surface area contributed by atoms with E-state index in [2.05, 4.69) is 63.2 Å². The summed E-state index contributed by atoms with van der Waals surface area (Å²) in [5.74, 6) is 1.05. The van der Waals surface area contributed by atoms with Gasteiger partial charge in [-0.1, -0.05) is 51.1 Å². The van der Waals surface area contributed by atoms with E-state index in [1.807, 2.05) is 0 Å². The van der Waals surface area contributed by atoms with Crippen LogP contribution < -0.4 is 4.74 Å². The highest BCUT2D eigenvalue weighted by molar-refractivity contribution is 5.66. The van der Waals surface area contributed by atoms with Gasteiger partial charge in [0.05, 0.1) is 6.61 Å². The number of fused-ring (bicyclic) bond motifs is 1. The summed E-state index contributed by atoms with van der Waals surface area (Å²) in [6.07, 6.45) is 1.03. The Balaban J connectivity index is 1.94. The average Bonchev–Trinajstić information content (AvgIpc) is 2.85. The van der Waals surface area contributed by atoms with E-state index in [0.717, 1.165) is 18.8 Å². The molecular formula is C18H20O. The monoisotopic (exact) mass is 252 g/mol. The topological polar surface area (TPSA) is 9.23 Å². The predicted molar refractivity (Wildman–Crippen MR) is 79.8 cm³/mol. The molecule has 1 heterocycles. The molecule has 1 heteroatoms. The first kappa shape index (κ1) is 12.3. The normalized spacial score (nSPS) is 14.1. The summed E-state index contributed by atoms with van der Waals surface area (Å²) in [5.41, 5.74) is 5.48. The minimum atomic E-state index is 0.213. The van der Waals surface area contributed by atoms with E-state index in [9.17, 15) is 0 Å². The first-order valence-corrected chi connectivity index (χ1v) is 6.91. The highest BCUT2D eigenvalue weighted by Crippen LogP contribution is 2.31. The number of hydrogen-bond acceptors (Lipinski definition) is 1. The molecule has 2 aromatic carbocycles. The molecule has 19 heavy (non-hydrogen) atoms. The number of benzene rings is 2. The van der Waals surface area contributed by atoms with Crippen LogP contribution in [-0.2, 0) is 11.8 Å². The third-order valence-electron chi connectivity index (χ3n) is 3.77. The molecule has 98 valence electrons. The van der Waals surface area contributed by atoms with Crippen LogP contribution in [0.15, 0.2) is 42.5 Å². The van der Waals surface area contributed by atoms with Crippen molar-refractivity contribution in [2.75, 3.05) is 6.61 Å². The van der Waals surface area contributed by atoms with E-state index in [4.69, 9.17) is 4.74 Å². The lowest BCUT2D eigenvalue weighted by molar-refractivity contribution is 0.357. The van der Waals surface area contributed by atoms with Crippen LogP contribution in [0.1, 0.15) is 31.9 Å². The Labute approximate surface area is 115 Å². The lowest BCUT2D eigenvalue weighted by Gasteiger charge is -2.19. The van der Waals surface area contributed by atoms with Gasteiger partial charge in [-0.25, -0.2) is 0 Å². The fourth-order valence-corrected chi connectivity index (χ4v) is 2.53. The fraction of sp³-hybridized carbons (Fsp3) is 0.333. The van der Waals surface area contributed by atoms with Gasteiger partial charge in [-0.05, 0) is 39.8 Å². The maximum absolute atomic E-state index is 5.55. The second-order valence-corrected chi connectivity index (χ2v) is 6.25. The third kappa shape index (κ3) is 2.37. The molecule has 0 amide bonds. The Kier molecular flexibility index (Phi) is 2.85. The van der Waals surface area contributed by atoms with E-state index >= 15 is 0 Å². The first-order chi connectivity index (χ1) is 9.04. The molecule has 0 aromatic heterocycles. The Morgan fingerprint density at radius 3 is 2.26 bits per heavy atom. The third-order valence-corrected chi connectivity index (χ3v) is 3.77. The Morgan fingerprint density at radius 1 is 0.895 bits per heavy atom. The molecule has 0 unspecified atom stereocenters. The smallest absolute Gasteiger partial charge is 0.122 e. The quantitative estimate of drug-likeness (QED) is 0.721. The van der Waals surface area contributed by atoms with Crippen molar-refractivity contribution >= 4 is 0 Å². The van der Waals surface area contributed by atoms with Crippen LogP contribution >= 0.6 is 0 Å². The fourth-order valence-electron chi connectivity index (χ4n) is 2.53. The molecule has 0 fully saturated rings. The molecule has 0 spiro atoms. The van der Waals surface area contributed by atoms with Crippen molar-refractivity contribution < 1.29 is 4.74 Å². The van der Waals surface area contributed by atoms with Crippen molar-refractivity contribution in [1.29, 1.82) is 0 Å². The van der Waals surface area contributed by atoms with Gasteiger partial charge in [0.25, 0.3) is 0 Å². The summed E-state index contributed by atoms with van der Waals surface area (Å²) < 4.78 is 5.55. The number of ether oxygens (including phenoxy) is 1. The van der Waals surface area contributed by atoms with Crippen LogP contribution in [0.3, 0.4) is 0 Å². The van der Waals surface area contributed by atoms with Crippen molar-refractivity contribution in [3.8, 4) is 16.9 Å². The summed E-state index contributed by atoms with van der Waals surface area (Å²) in [7, 11) is 0. The van der Waals surface area contributed by atoms with Gasteiger partial charge in [0.1, 0.15) is 5.75 Å². The Morgan fingerprint density at radius 2 is 1.58 bits per heavy atom. The highest BCUT2D eigenvalue weighted by Gasteiger charge is 2.15. The summed E-state index contributed by atoms with van der Waals surface area (Å²) in [5, 5.41) is 0. The zero-order valence-corrected chi connectivity index (χ0v) is 11.9. The van der Waals surface area contributed by atoms with Crippen molar-refractivity contribution in [2.45, 2.75) is 32.6 Å². The Hall–Kier alpha value is -1.76. The molecule has 0 bridgehead atoms. The molecule has 0 saturated heterocycles. The first-order valence-electron chi connectivity index (χ1n) is 6.91. The van der Waals surface area contributed by atoms with Gasteiger partial charge in [0.2, 0.25) is 0 Å². The van der Waals surface area contributed by atoms with E-state index in [0.29, 0.717) is 0 Å². The SMILES string of the molecule is CC(C)(C)c1ccc(-c2ccc3c(c2)CCO3)cc1. The van der Waals surface area contributed by atoms with Crippen LogP contribution in [0.4, 0.5) is 0 Å². The van der Waals surface area contributed by atoms with Crippen molar-refractivity contribution in [1.82, 2.24) is 0 Å².